The predicted molar refractivity (Wildman–Crippen MR) is 96.2 cm³/mol. The van der Waals surface area contributed by atoms with Gasteiger partial charge in [0.2, 0.25) is 0 Å². The highest BCUT2D eigenvalue weighted by Crippen LogP contribution is 2.50. The Morgan fingerprint density at radius 3 is 2.28 bits per heavy atom. The van der Waals surface area contributed by atoms with Crippen LogP contribution < -0.4 is 0 Å². The molecule has 1 saturated carbocycles. The molecule has 2 aliphatic rings. The summed E-state index contributed by atoms with van der Waals surface area (Å²) in [6.45, 7) is 1.80. The van der Waals surface area contributed by atoms with Crippen molar-refractivity contribution in [3.63, 3.8) is 0 Å². The molecule has 1 N–H and O–H groups in total. The molecule has 4 rings (SSSR count). The number of hydrogen-bond donors (Lipinski definition) is 1. The zero-order valence-electron chi connectivity index (χ0n) is 14.3. The number of cyclic esters (lactones) is 1. The van der Waals surface area contributed by atoms with E-state index in [1.807, 2.05) is 60.7 Å². The summed E-state index contributed by atoms with van der Waals surface area (Å²) in [6, 6.07) is 19.8. The van der Waals surface area contributed by atoms with E-state index in [0.717, 1.165) is 24.0 Å². The van der Waals surface area contributed by atoms with Gasteiger partial charge in [-0.2, -0.15) is 0 Å². The number of benzene rings is 2. The number of hydrogen-bond acceptors (Lipinski definition) is 3. The van der Waals surface area contributed by atoms with Gasteiger partial charge in [0.15, 0.2) is 5.60 Å². The SMILES string of the molecule is CC1(Cc2ccccc2)OC(=O)C(C(c2ccccc2)C2CC2)=C1O. The second-order valence-electron chi connectivity index (χ2n) is 7.27. The lowest BCUT2D eigenvalue weighted by Crippen LogP contribution is -2.30. The van der Waals surface area contributed by atoms with Crippen molar-refractivity contribution in [3.8, 4) is 0 Å². The molecule has 1 heterocycles. The second-order valence-corrected chi connectivity index (χ2v) is 7.27. The van der Waals surface area contributed by atoms with Gasteiger partial charge in [-0.3, -0.25) is 0 Å². The molecule has 2 atom stereocenters. The molecule has 2 unspecified atom stereocenters. The molecule has 3 nitrogen and oxygen atoms in total. The molecule has 128 valence electrons. The highest BCUT2D eigenvalue weighted by molar-refractivity contribution is 5.94. The molecule has 1 fully saturated rings. The van der Waals surface area contributed by atoms with Crippen LogP contribution in [0.2, 0.25) is 0 Å². The van der Waals surface area contributed by atoms with Gasteiger partial charge in [-0.05, 0) is 36.8 Å². The third kappa shape index (κ3) is 2.95. The zero-order valence-corrected chi connectivity index (χ0v) is 14.3. The third-order valence-corrected chi connectivity index (χ3v) is 5.24. The molecule has 0 saturated heterocycles. The van der Waals surface area contributed by atoms with Gasteiger partial charge in [-0.15, -0.1) is 0 Å². The van der Waals surface area contributed by atoms with E-state index in [0.29, 0.717) is 17.9 Å². The van der Waals surface area contributed by atoms with Crippen LogP contribution in [0.5, 0.6) is 0 Å². The maximum atomic E-state index is 12.7. The van der Waals surface area contributed by atoms with Crippen LogP contribution in [0.25, 0.3) is 0 Å². The number of esters is 1. The van der Waals surface area contributed by atoms with Crippen molar-refractivity contribution in [2.45, 2.75) is 37.7 Å². The molecule has 0 radical (unpaired) electrons. The summed E-state index contributed by atoms with van der Waals surface area (Å²) in [5.41, 5.74) is 1.57. The minimum atomic E-state index is -0.990. The summed E-state index contributed by atoms with van der Waals surface area (Å²) in [5, 5.41) is 11.0. The van der Waals surface area contributed by atoms with Crippen molar-refractivity contribution in [1.82, 2.24) is 0 Å². The van der Waals surface area contributed by atoms with E-state index in [1.54, 1.807) is 6.92 Å². The minimum absolute atomic E-state index is 0.0775. The Hall–Kier alpha value is -2.55. The fraction of sp³-hybridized carbons (Fsp3) is 0.318. The lowest BCUT2D eigenvalue weighted by molar-refractivity contribution is -0.147. The maximum Gasteiger partial charge on any atom is 0.339 e. The van der Waals surface area contributed by atoms with E-state index < -0.39 is 5.60 Å². The van der Waals surface area contributed by atoms with E-state index in [-0.39, 0.29) is 17.6 Å². The molecule has 0 bridgehead atoms. The first-order valence-corrected chi connectivity index (χ1v) is 8.84. The minimum Gasteiger partial charge on any atom is -0.507 e. The Morgan fingerprint density at radius 1 is 1.08 bits per heavy atom. The summed E-state index contributed by atoms with van der Waals surface area (Å²) in [5.74, 6) is 0.0521. The topological polar surface area (TPSA) is 46.5 Å². The molecule has 0 aromatic heterocycles. The van der Waals surface area contributed by atoms with Crippen molar-refractivity contribution in [1.29, 1.82) is 0 Å². The Labute approximate surface area is 148 Å². The largest absolute Gasteiger partial charge is 0.507 e. The fourth-order valence-electron chi connectivity index (χ4n) is 3.83. The lowest BCUT2D eigenvalue weighted by atomic mass is 9.84. The van der Waals surface area contributed by atoms with Gasteiger partial charge in [0, 0.05) is 12.3 Å². The van der Waals surface area contributed by atoms with E-state index in [2.05, 4.69) is 0 Å². The van der Waals surface area contributed by atoms with E-state index in [1.165, 1.54) is 0 Å². The smallest absolute Gasteiger partial charge is 0.339 e. The van der Waals surface area contributed by atoms with Gasteiger partial charge >= 0.3 is 5.97 Å². The third-order valence-electron chi connectivity index (χ3n) is 5.24. The van der Waals surface area contributed by atoms with Crippen LogP contribution in [-0.4, -0.2) is 16.7 Å². The number of carbonyl (C=O) groups excluding carboxylic acids is 1. The molecule has 0 spiro atoms. The molecule has 3 heteroatoms. The summed E-state index contributed by atoms with van der Waals surface area (Å²) in [4.78, 5) is 12.7. The number of rotatable bonds is 5. The van der Waals surface area contributed by atoms with Crippen molar-refractivity contribution in [2.24, 2.45) is 5.92 Å². The first kappa shape index (κ1) is 15.9. The van der Waals surface area contributed by atoms with Crippen LogP contribution in [-0.2, 0) is 16.0 Å². The van der Waals surface area contributed by atoms with Crippen LogP contribution in [0.3, 0.4) is 0 Å². The molecule has 2 aromatic carbocycles. The summed E-state index contributed by atoms with van der Waals surface area (Å²) >= 11 is 0. The fourth-order valence-corrected chi connectivity index (χ4v) is 3.83. The lowest BCUT2D eigenvalue weighted by Gasteiger charge is -2.23. The van der Waals surface area contributed by atoms with Gasteiger partial charge in [-0.1, -0.05) is 60.7 Å². The highest BCUT2D eigenvalue weighted by Gasteiger charge is 2.50. The molecule has 0 amide bonds. The number of aliphatic hydroxyl groups is 1. The predicted octanol–water partition coefficient (Wildman–Crippen LogP) is 4.55. The van der Waals surface area contributed by atoms with Crippen LogP contribution in [0.1, 0.15) is 36.8 Å². The van der Waals surface area contributed by atoms with Crippen LogP contribution in [0.15, 0.2) is 72.0 Å². The first-order valence-electron chi connectivity index (χ1n) is 8.84. The Balaban J connectivity index is 1.72. The van der Waals surface area contributed by atoms with E-state index >= 15 is 0 Å². The van der Waals surface area contributed by atoms with Crippen LogP contribution >= 0.6 is 0 Å². The van der Waals surface area contributed by atoms with Gasteiger partial charge in [0.05, 0.1) is 5.57 Å². The molecular weight excluding hydrogens is 312 g/mol. The monoisotopic (exact) mass is 334 g/mol. The van der Waals surface area contributed by atoms with Crippen molar-refractivity contribution < 1.29 is 14.6 Å². The van der Waals surface area contributed by atoms with Gasteiger partial charge in [-0.25, -0.2) is 4.79 Å². The van der Waals surface area contributed by atoms with Crippen molar-refractivity contribution >= 4 is 5.97 Å². The first-order chi connectivity index (χ1) is 12.1. The van der Waals surface area contributed by atoms with Gasteiger partial charge in [0.1, 0.15) is 5.76 Å². The number of ether oxygens (including phenoxy) is 1. The van der Waals surface area contributed by atoms with Crippen LogP contribution in [0.4, 0.5) is 0 Å². The normalized spacial score (nSPS) is 24.3. The summed E-state index contributed by atoms with van der Waals surface area (Å²) in [6.07, 6.45) is 2.64. The van der Waals surface area contributed by atoms with Crippen molar-refractivity contribution in [2.75, 3.05) is 0 Å². The maximum absolute atomic E-state index is 12.7. The summed E-state index contributed by atoms with van der Waals surface area (Å²) in [7, 11) is 0. The Morgan fingerprint density at radius 2 is 1.68 bits per heavy atom. The molecular formula is C22H22O3. The van der Waals surface area contributed by atoms with Crippen LogP contribution in [0, 0.1) is 5.92 Å². The van der Waals surface area contributed by atoms with E-state index in [9.17, 15) is 9.90 Å². The average Bonchev–Trinajstić information content (AvgIpc) is 3.42. The quantitative estimate of drug-likeness (QED) is 0.816. The van der Waals surface area contributed by atoms with Crippen molar-refractivity contribution in [3.05, 3.63) is 83.1 Å². The molecule has 25 heavy (non-hydrogen) atoms. The highest BCUT2D eigenvalue weighted by atomic mass is 16.6. The summed E-state index contributed by atoms with van der Waals surface area (Å²) < 4.78 is 5.70. The average molecular weight is 334 g/mol. The number of carbonyl (C=O) groups is 1. The van der Waals surface area contributed by atoms with Gasteiger partial charge < -0.3 is 9.84 Å². The second kappa shape index (κ2) is 6.07. The number of aliphatic hydroxyl groups excluding tert-OH is 1. The van der Waals surface area contributed by atoms with Gasteiger partial charge in [0.25, 0.3) is 0 Å². The Kier molecular flexibility index (Phi) is 3.87. The molecule has 1 aliphatic heterocycles. The van der Waals surface area contributed by atoms with E-state index in [4.69, 9.17) is 4.74 Å². The Bertz CT molecular complexity index is 806. The standard InChI is InChI=1S/C22H22O3/c1-22(14-15-8-4-2-5-9-15)20(23)19(21(24)25-22)18(17-12-13-17)16-10-6-3-7-11-16/h2-11,17-18,23H,12-14H2,1H3. The molecule has 1 aliphatic carbocycles. The zero-order chi connectivity index (χ0) is 17.4. The molecule has 2 aromatic rings.